The molecule has 0 saturated carbocycles. The van der Waals surface area contributed by atoms with Crippen LogP contribution < -0.4 is 5.73 Å². The largest absolute Gasteiger partial charge is 0.468 e. The fourth-order valence-electron chi connectivity index (χ4n) is 2.47. The van der Waals surface area contributed by atoms with Gasteiger partial charge in [0.25, 0.3) is 0 Å². The number of esters is 1. The van der Waals surface area contributed by atoms with E-state index in [9.17, 15) is 9.59 Å². The number of carbonyl (C=O) groups excluding carboxylic acids is 2. The van der Waals surface area contributed by atoms with Crippen molar-refractivity contribution < 1.29 is 14.3 Å². The van der Waals surface area contributed by atoms with Gasteiger partial charge in [0, 0.05) is 19.0 Å². The van der Waals surface area contributed by atoms with Crippen molar-refractivity contribution in [3.05, 3.63) is 37.0 Å². The summed E-state index contributed by atoms with van der Waals surface area (Å²) >= 11 is 0. The third-order valence-electron chi connectivity index (χ3n) is 3.72. The Hall–Kier alpha value is -1.88. The number of rotatable bonds is 8. The summed E-state index contributed by atoms with van der Waals surface area (Å²) in [4.78, 5) is 25.4. The fraction of sp³-hybridized carbons (Fsp3) is 0.500. The lowest BCUT2D eigenvalue weighted by Crippen LogP contribution is -2.36. The molecule has 1 aliphatic heterocycles. The van der Waals surface area contributed by atoms with Gasteiger partial charge in [-0.05, 0) is 24.8 Å². The standard InChI is InChI=1S/C16H24N2O3/c1-4-6-12(5-2)7-9-18-10-8-13(15(18)19)11-14(17)16(20)21-3/h4-6,13-14H,1-2,7-11,17H2,3H3/b12-6+. The van der Waals surface area contributed by atoms with Gasteiger partial charge in [0.2, 0.25) is 5.91 Å². The maximum Gasteiger partial charge on any atom is 0.322 e. The zero-order valence-corrected chi connectivity index (χ0v) is 12.6. The molecule has 2 N–H and O–H groups in total. The zero-order valence-electron chi connectivity index (χ0n) is 12.6. The number of nitrogens with zero attached hydrogens (tertiary/aromatic N) is 1. The van der Waals surface area contributed by atoms with Gasteiger partial charge in [-0.25, -0.2) is 0 Å². The summed E-state index contributed by atoms with van der Waals surface area (Å²) in [6.45, 7) is 8.74. The molecule has 0 aromatic carbocycles. The van der Waals surface area contributed by atoms with Crippen LogP contribution in [0.4, 0.5) is 0 Å². The molecular formula is C16H24N2O3. The number of methoxy groups -OCH3 is 1. The molecule has 2 atom stereocenters. The van der Waals surface area contributed by atoms with E-state index >= 15 is 0 Å². The van der Waals surface area contributed by atoms with Crippen molar-refractivity contribution in [3.8, 4) is 0 Å². The Morgan fingerprint density at radius 2 is 2.29 bits per heavy atom. The molecule has 5 nitrogen and oxygen atoms in total. The highest BCUT2D eigenvalue weighted by atomic mass is 16.5. The Bertz CT molecular complexity index is 443. The van der Waals surface area contributed by atoms with Crippen LogP contribution in [0.25, 0.3) is 0 Å². The summed E-state index contributed by atoms with van der Waals surface area (Å²) in [5.41, 5.74) is 6.77. The summed E-state index contributed by atoms with van der Waals surface area (Å²) < 4.78 is 4.59. The smallest absolute Gasteiger partial charge is 0.322 e. The SMILES string of the molecule is C=C/C=C(\C=C)CCN1CCC(CC(N)C(=O)OC)C1=O. The van der Waals surface area contributed by atoms with Crippen molar-refractivity contribution in [3.63, 3.8) is 0 Å². The van der Waals surface area contributed by atoms with Crippen LogP contribution in [0.1, 0.15) is 19.3 Å². The Labute approximate surface area is 126 Å². The molecule has 116 valence electrons. The number of amides is 1. The van der Waals surface area contributed by atoms with E-state index in [1.165, 1.54) is 7.11 Å². The van der Waals surface area contributed by atoms with Crippen molar-refractivity contribution in [2.75, 3.05) is 20.2 Å². The molecule has 2 unspecified atom stereocenters. The van der Waals surface area contributed by atoms with E-state index in [2.05, 4.69) is 17.9 Å². The van der Waals surface area contributed by atoms with Crippen LogP contribution >= 0.6 is 0 Å². The van der Waals surface area contributed by atoms with Gasteiger partial charge in [0.15, 0.2) is 0 Å². The minimum Gasteiger partial charge on any atom is -0.468 e. The van der Waals surface area contributed by atoms with Gasteiger partial charge in [0.05, 0.1) is 7.11 Å². The van der Waals surface area contributed by atoms with E-state index < -0.39 is 12.0 Å². The van der Waals surface area contributed by atoms with Gasteiger partial charge in [0.1, 0.15) is 6.04 Å². The number of nitrogens with two attached hydrogens (primary N) is 1. The van der Waals surface area contributed by atoms with Gasteiger partial charge in [-0.2, -0.15) is 0 Å². The molecule has 1 aliphatic rings. The quantitative estimate of drug-likeness (QED) is 0.542. The predicted molar refractivity (Wildman–Crippen MR) is 82.4 cm³/mol. The van der Waals surface area contributed by atoms with Crippen LogP contribution in [0.5, 0.6) is 0 Å². The Balaban J connectivity index is 2.49. The molecule has 0 radical (unpaired) electrons. The van der Waals surface area contributed by atoms with Crippen molar-refractivity contribution in [1.82, 2.24) is 4.90 Å². The second kappa shape index (κ2) is 8.42. The highest BCUT2D eigenvalue weighted by Gasteiger charge is 2.33. The van der Waals surface area contributed by atoms with Crippen LogP contribution in [0.15, 0.2) is 37.0 Å². The Kier molecular flexibility index (Phi) is 6.88. The number of hydrogen-bond donors (Lipinski definition) is 1. The minimum atomic E-state index is -0.728. The van der Waals surface area contributed by atoms with Crippen LogP contribution in [0.2, 0.25) is 0 Å². The number of ether oxygens (including phenoxy) is 1. The van der Waals surface area contributed by atoms with Crippen LogP contribution in [-0.2, 0) is 14.3 Å². The van der Waals surface area contributed by atoms with Gasteiger partial charge < -0.3 is 15.4 Å². The summed E-state index contributed by atoms with van der Waals surface area (Å²) in [7, 11) is 1.30. The molecule has 1 rings (SSSR count). The second-order valence-corrected chi connectivity index (χ2v) is 5.11. The first-order valence-corrected chi connectivity index (χ1v) is 7.09. The maximum absolute atomic E-state index is 12.3. The third-order valence-corrected chi connectivity index (χ3v) is 3.72. The van der Waals surface area contributed by atoms with Gasteiger partial charge in [-0.15, -0.1) is 0 Å². The van der Waals surface area contributed by atoms with E-state index in [-0.39, 0.29) is 11.8 Å². The molecule has 1 fully saturated rings. The molecule has 0 bridgehead atoms. The first kappa shape index (κ1) is 17.2. The molecular weight excluding hydrogens is 268 g/mol. The number of likely N-dealkylation sites (tertiary alicyclic amines) is 1. The van der Waals surface area contributed by atoms with E-state index in [1.807, 2.05) is 11.0 Å². The fourth-order valence-corrected chi connectivity index (χ4v) is 2.47. The average Bonchev–Trinajstić information content (AvgIpc) is 2.83. The zero-order chi connectivity index (χ0) is 15.8. The number of carbonyl (C=O) groups is 2. The lowest BCUT2D eigenvalue weighted by atomic mass is 9.99. The first-order valence-electron chi connectivity index (χ1n) is 7.09. The lowest BCUT2D eigenvalue weighted by Gasteiger charge is -2.18. The summed E-state index contributed by atoms with van der Waals surface area (Å²) in [6, 6.07) is -0.728. The summed E-state index contributed by atoms with van der Waals surface area (Å²) in [5, 5.41) is 0. The highest BCUT2D eigenvalue weighted by Crippen LogP contribution is 2.23. The summed E-state index contributed by atoms with van der Waals surface area (Å²) in [6.07, 6.45) is 7.19. The monoisotopic (exact) mass is 292 g/mol. The normalized spacial score (nSPS) is 20.3. The molecule has 1 heterocycles. The molecule has 1 saturated heterocycles. The summed E-state index contributed by atoms with van der Waals surface area (Å²) in [5.74, 6) is -0.588. The van der Waals surface area contributed by atoms with Crippen LogP contribution in [-0.4, -0.2) is 43.0 Å². The van der Waals surface area contributed by atoms with Crippen molar-refractivity contribution in [1.29, 1.82) is 0 Å². The number of allylic oxidation sites excluding steroid dienone is 3. The van der Waals surface area contributed by atoms with Gasteiger partial charge in [-0.3, -0.25) is 9.59 Å². The first-order chi connectivity index (χ1) is 10.0. The highest BCUT2D eigenvalue weighted by molar-refractivity contribution is 5.82. The maximum atomic E-state index is 12.3. The predicted octanol–water partition coefficient (Wildman–Crippen LogP) is 1.41. The van der Waals surface area contributed by atoms with E-state index in [0.717, 1.165) is 18.4 Å². The molecule has 0 aliphatic carbocycles. The van der Waals surface area contributed by atoms with E-state index in [0.29, 0.717) is 19.5 Å². The lowest BCUT2D eigenvalue weighted by molar-refractivity contribution is -0.142. The number of hydrogen-bond acceptors (Lipinski definition) is 4. The van der Waals surface area contributed by atoms with Crippen molar-refractivity contribution in [2.45, 2.75) is 25.3 Å². The van der Waals surface area contributed by atoms with Crippen LogP contribution in [0.3, 0.4) is 0 Å². The molecule has 0 spiro atoms. The molecule has 21 heavy (non-hydrogen) atoms. The Morgan fingerprint density at radius 1 is 1.57 bits per heavy atom. The minimum absolute atomic E-state index is 0.0661. The van der Waals surface area contributed by atoms with Gasteiger partial charge >= 0.3 is 5.97 Å². The Morgan fingerprint density at radius 3 is 2.86 bits per heavy atom. The van der Waals surface area contributed by atoms with E-state index in [4.69, 9.17) is 5.73 Å². The third kappa shape index (κ3) is 4.86. The van der Waals surface area contributed by atoms with Gasteiger partial charge in [-0.1, -0.05) is 31.4 Å². The van der Waals surface area contributed by atoms with E-state index in [1.54, 1.807) is 12.2 Å². The topological polar surface area (TPSA) is 72.6 Å². The molecule has 5 heteroatoms. The average molecular weight is 292 g/mol. The molecule has 0 aromatic rings. The molecule has 0 aromatic heterocycles. The second-order valence-electron chi connectivity index (χ2n) is 5.11. The molecule has 1 amide bonds. The van der Waals surface area contributed by atoms with Crippen molar-refractivity contribution in [2.24, 2.45) is 11.7 Å². The van der Waals surface area contributed by atoms with Crippen LogP contribution in [0, 0.1) is 5.92 Å². The van der Waals surface area contributed by atoms with Crippen molar-refractivity contribution >= 4 is 11.9 Å².